The second-order valence-electron chi connectivity index (χ2n) is 5.23. The number of carboxylic acids is 1. The van der Waals surface area contributed by atoms with Crippen molar-refractivity contribution in [3.05, 3.63) is 0 Å². The Bertz CT molecular complexity index is 405. The first-order valence-electron chi connectivity index (χ1n) is 6.74. The summed E-state index contributed by atoms with van der Waals surface area (Å²) in [4.78, 5) is 36.2. The molecule has 1 heterocycles. The number of urea groups is 1. The molecule has 0 aliphatic carbocycles. The van der Waals surface area contributed by atoms with Gasteiger partial charge in [0.05, 0.1) is 13.0 Å². The molecule has 1 unspecified atom stereocenters. The van der Waals surface area contributed by atoms with Crippen molar-refractivity contribution in [3.63, 3.8) is 0 Å². The summed E-state index contributed by atoms with van der Waals surface area (Å²) in [7, 11) is 2.78. The molecule has 120 valence electrons. The maximum absolute atomic E-state index is 12.1. The van der Waals surface area contributed by atoms with Crippen LogP contribution in [-0.2, 0) is 19.1 Å². The van der Waals surface area contributed by atoms with Crippen molar-refractivity contribution in [2.75, 3.05) is 33.9 Å². The quantitative estimate of drug-likeness (QED) is 0.696. The normalized spacial score (nSPS) is 18.4. The van der Waals surface area contributed by atoms with Crippen molar-refractivity contribution >= 4 is 18.0 Å². The van der Waals surface area contributed by atoms with Crippen LogP contribution in [0.3, 0.4) is 0 Å². The molecular formula is C13H22N2O6. The molecule has 1 rings (SSSR count). The van der Waals surface area contributed by atoms with Crippen molar-refractivity contribution in [3.8, 4) is 0 Å². The summed E-state index contributed by atoms with van der Waals surface area (Å²) in [6, 6.07) is -0.532. The molecule has 1 atom stereocenters. The molecule has 0 saturated carbocycles. The minimum absolute atomic E-state index is 0.144. The number of nitrogens with zero attached hydrogens (tertiary/aromatic N) is 1. The number of hydrogen-bond donors (Lipinski definition) is 2. The molecule has 1 aliphatic rings. The van der Waals surface area contributed by atoms with Crippen molar-refractivity contribution in [1.82, 2.24) is 10.2 Å². The number of nitrogens with one attached hydrogen (secondary N) is 1. The first-order valence-corrected chi connectivity index (χ1v) is 6.74. The SMILES string of the molecule is COC(=O)C(C)CN(C)C(=O)NC1(C(=O)O)CCOCC1. The van der Waals surface area contributed by atoms with E-state index in [-0.39, 0.29) is 32.6 Å². The van der Waals surface area contributed by atoms with Gasteiger partial charge in [-0.05, 0) is 0 Å². The van der Waals surface area contributed by atoms with Crippen molar-refractivity contribution in [2.24, 2.45) is 5.92 Å². The Morgan fingerprint density at radius 2 is 1.95 bits per heavy atom. The molecule has 8 heteroatoms. The van der Waals surface area contributed by atoms with Crippen LogP contribution in [0.2, 0.25) is 0 Å². The minimum atomic E-state index is -1.31. The maximum atomic E-state index is 12.1. The van der Waals surface area contributed by atoms with Gasteiger partial charge in [0.2, 0.25) is 0 Å². The van der Waals surface area contributed by atoms with E-state index in [9.17, 15) is 19.5 Å². The zero-order valence-electron chi connectivity index (χ0n) is 12.5. The van der Waals surface area contributed by atoms with Gasteiger partial charge in [-0.15, -0.1) is 0 Å². The van der Waals surface area contributed by atoms with Gasteiger partial charge in [0, 0.05) is 39.6 Å². The molecule has 8 nitrogen and oxygen atoms in total. The van der Waals surface area contributed by atoms with Gasteiger partial charge in [-0.2, -0.15) is 0 Å². The van der Waals surface area contributed by atoms with Crippen LogP contribution < -0.4 is 5.32 Å². The minimum Gasteiger partial charge on any atom is -0.480 e. The summed E-state index contributed by atoms with van der Waals surface area (Å²) < 4.78 is 9.73. The predicted octanol–water partition coefficient (Wildman–Crippen LogP) is 0.0707. The molecule has 0 radical (unpaired) electrons. The summed E-state index contributed by atoms with van der Waals surface area (Å²) in [5.41, 5.74) is -1.31. The van der Waals surface area contributed by atoms with Crippen LogP contribution in [0.4, 0.5) is 4.79 Å². The van der Waals surface area contributed by atoms with Gasteiger partial charge in [-0.25, -0.2) is 9.59 Å². The standard InChI is InChI=1S/C13H22N2O6/c1-9(10(16)20-3)8-15(2)12(19)14-13(11(17)18)4-6-21-7-5-13/h9H,4-8H2,1-3H3,(H,14,19)(H,17,18). The highest BCUT2D eigenvalue weighted by atomic mass is 16.5. The second kappa shape index (κ2) is 7.26. The van der Waals surface area contributed by atoms with Gasteiger partial charge in [-0.3, -0.25) is 4.79 Å². The van der Waals surface area contributed by atoms with E-state index in [1.807, 2.05) is 0 Å². The van der Waals surface area contributed by atoms with Crippen LogP contribution in [0, 0.1) is 5.92 Å². The highest BCUT2D eigenvalue weighted by Gasteiger charge is 2.42. The largest absolute Gasteiger partial charge is 0.480 e. The lowest BCUT2D eigenvalue weighted by Gasteiger charge is -2.35. The van der Waals surface area contributed by atoms with E-state index in [4.69, 9.17) is 4.74 Å². The Morgan fingerprint density at radius 1 is 1.38 bits per heavy atom. The molecule has 0 spiro atoms. The molecule has 1 fully saturated rings. The predicted molar refractivity (Wildman–Crippen MR) is 72.8 cm³/mol. The Labute approximate surface area is 123 Å². The molecule has 0 bridgehead atoms. The number of aliphatic carboxylic acids is 1. The molecule has 0 aromatic heterocycles. The second-order valence-corrected chi connectivity index (χ2v) is 5.23. The third kappa shape index (κ3) is 4.32. The Morgan fingerprint density at radius 3 is 2.43 bits per heavy atom. The van der Waals surface area contributed by atoms with Crippen LogP contribution in [0.25, 0.3) is 0 Å². The number of ether oxygens (including phenoxy) is 2. The molecule has 1 aliphatic heterocycles. The van der Waals surface area contributed by atoms with Gasteiger partial charge in [-0.1, -0.05) is 6.92 Å². The first-order chi connectivity index (χ1) is 9.82. The fraction of sp³-hybridized carbons (Fsp3) is 0.769. The lowest BCUT2D eigenvalue weighted by Crippen LogP contribution is -2.60. The summed E-state index contributed by atoms with van der Waals surface area (Å²) in [5, 5.41) is 11.9. The lowest BCUT2D eigenvalue weighted by atomic mass is 9.90. The molecule has 0 aromatic rings. The number of methoxy groups -OCH3 is 1. The molecule has 21 heavy (non-hydrogen) atoms. The van der Waals surface area contributed by atoms with Gasteiger partial charge in [0.25, 0.3) is 0 Å². The van der Waals surface area contributed by atoms with E-state index in [2.05, 4.69) is 10.1 Å². The zero-order valence-corrected chi connectivity index (χ0v) is 12.5. The summed E-state index contributed by atoms with van der Waals surface area (Å²) in [6.45, 7) is 2.35. The van der Waals surface area contributed by atoms with E-state index in [0.29, 0.717) is 0 Å². The Hall–Kier alpha value is -1.83. The Kier molecular flexibility index (Phi) is 5.95. The third-order valence-electron chi connectivity index (χ3n) is 3.60. The first kappa shape index (κ1) is 17.2. The third-order valence-corrected chi connectivity index (χ3v) is 3.60. The number of esters is 1. The van der Waals surface area contributed by atoms with Gasteiger partial charge in [0.1, 0.15) is 5.54 Å². The van der Waals surface area contributed by atoms with E-state index in [1.54, 1.807) is 6.92 Å². The van der Waals surface area contributed by atoms with Crippen LogP contribution in [0.15, 0.2) is 0 Å². The average molecular weight is 302 g/mol. The monoisotopic (exact) mass is 302 g/mol. The highest BCUT2D eigenvalue weighted by Crippen LogP contribution is 2.21. The highest BCUT2D eigenvalue weighted by molar-refractivity contribution is 5.86. The van der Waals surface area contributed by atoms with Crippen LogP contribution in [0.1, 0.15) is 19.8 Å². The number of rotatable bonds is 5. The fourth-order valence-corrected chi connectivity index (χ4v) is 2.18. The number of amides is 2. The lowest BCUT2D eigenvalue weighted by molar-refractivity contribution is -0.149. The van der Waals surface area contributed by atoms with Crippen molar-refractivity contribution in [1.29, 1.82) is 0 Å². The van der Waals surface area contributed by atoms with Crippen LogP contribution in [-0.4, -0.2) is 67.4 Å². The zero-order chi connectivity index (χ0) is 16.0. The van der Waals surface area contributed by atoms with Crippen molar-refractivity contribution < 1.29 is 29.0 Å². The molecular weight excluding hydrogens is 280 g/mol. The summed E-state index contributed by atoms with van der Waals surface area (Å²) in [5.74, 6) is -1.98. The molecule has 0 aromatic carbocycles. The van der Waals surface area contributed by atoms with E-state index in [0.717, 1.165) is 0 Å². The topological polar surface area (TPSA) is 105 Å². The van der Waals surface area contributed by atoms with Crippen LogP contribution >= 0.6 is 0 Å². The maximum Gasteiger partial charge on any atom is 0.329 e. The van der Waals surface area contributed by atoms with E-state index in [1.165, 1.54) is 19.1 Å². The van der Waals surface area contributed by atoms with E-state index < -0.39 is 29.4 Å². The molecule has 2 amide bonds. The smallest absolute Gasteiger partial charge is 0.329 e. The van der Waals surface area contributed by atoms with Gasteiger partial charge >= 0.3 is 18.0 Å². The number of carbonyl (C=O) groups excluding carboxylic acids is 2. The molecule has 2 N–H and O–H groups in total. The fourth-order valence-electron chi connectivity index (χ4n) is 2.18. The van der Waals surface area contributed by atoms with Gasteiger partial charge in [0.15, 0.2) is 0 Å². The molecule has 1 saturated heterocycles. The number of carbonyl (C=O) groups is 3. The van der Waals surface area contributed by atoms with E-state index >= 15 is 0 Å². The van der Waals surface area contributed by atoms with Crippen LogP contribution in [0.5, 0.6) is 0 Å². The average Bonchev–Trinajstić information content (AvgIpc) is 2.46. The van der Waals surface area contributed by atoms with Crippen molar-refractivity contribution in [2.45, 2.75) is 25.3 Å². The Balaban J connectivity index is 2.65. The summed E-state index contributed by atoms with van der Waals surface area (Å²) in [6.07, 6.45) is 0.433. The van der Waals surface area contributed by atoms with Gasteiger partial charge < -0.3 is 24.8 Å². The summed E-state index contributed by atoms with van der Waals surface area (Å²) >= 11 is 0. The number of carboxylic acid groups (broad SMARTS) is 1. The number of hydrogen-bond acceptors (Lipinski definition) is 5.